The molecule has 0 atom stereocenters. The average Bonchev–Trinajstić information content (AvgIpc) is 2.50. The van der Waals surface area contributed by atoms with Crippen molar-refractivity contribution in [2.24, 2.45) is 4.99 Å². The maximum absolute atomic E-state index is 12.6. The van der Waals surface area contributed by atoms with Crippen molar-refractivity contribution in [3.05, 3.63) is 35.7 Å². The van der Waals surface area contributed by atoms with Gasteiger partial charge in [0.15, 0.2) is 0 Å². The molecule has 0 N–H and O–H groups in total. The Labute approximate surface area is 129 Å². The SMILES string of the molecule is CN=C(CC/C=C(\C)c1cccc(C(=O)N(C)C)n1)C(F)F. The molecule has 1 amide bonds. The maximum atomic E-state index is 12.6. The predicted octanol–water partition coefficient (Wildman–Crippen LogP) is 3.30. The maximum Gasteiger partial charge on any atom is 0.276 e. The number of aromatic nitrogens is 1. The first-order chi connectivity index (χ1) is 10.4. The van der Waals surface area contributed by atoms with Crippen LogP contribution in [0.25, 0.3) is 5.57 Å². The smallest absolute Gasteiger partial charge is 0.276 e. The van der Waals surface area contributed by atoms with Gasteiger partial charge in [0.1, 0.15) is 5.69 Å². The summed E-state index contributed by atoms with van der Waals surface area (Å²) >= 11 is 0. The third-order valence-electron chi connectivity index (χ3n) is 3.17. The summed E-state index contributed by atoms with van der Waals surface area (Å²) in [6.07, 6.45) is -0.0178. The number of rotatable bonds is 6. The van der Waals surface area contributed by atoms with Gasteiger partial charge in [0.25, 0.3) is 12.3 Å². The highest BCUT2D eigenvalue weighted by molar-refractivity contribution is 5.92. The number of carbonyl (C=O) groups is 1. The minimum absolute atomic E-state index is 0.103. The number of alkyl halides is 2. The molecule has 4 nitrogen and oxygen atoms in total. The van der Waals surface area contributed by atoms with Crippen LogP contribution in [0.15, 0.2) is 29.3 Å². The summed E-state index contributed by atoms with van der Waals surface area (Å²) in [5.41, 5.74) is 1.77. The van der Waals surface area contributed by atoms with Crippen LogP contribution in [0, 0.1) is 0 Å². The van der Waals surface area contributed by atoms with Crippen LogP contribution >= 0.6 is 0 Å². The van der Waals surface area contributed by atoms with E-state index in [9.17, 15) is 13.6 Å². The van der Waals surface area contributed by atoms with Crippen LogP contribution in [0.5, 0.6) is 0 Å². The second-order valence-corrected chi connectivity index (χ2v) is 5.05. The van der Waals surface area contributed by atoms with Gasteiger partial charge >= 0.3 is 0 Å². The summed E-state index contributed by atoms with van der Waals surface area (Å²) in [7, 11) is 4.70. The van der Waals surface area contributed by atoms with Crippen LogP contribution in [0.1, 0.15) is 35.9 Å². The molecule has 0 saturated heterocycles. The van der Waals surface area contributed by atoms with Crippen molar-refractivity contribution in [2.45, 2.75) is 26.2 Å². The monoisotopic (exact) mass is 309 g/mol. The third kappa shape index (κ3) is 5.02. The number of nitrogens with zero attached hydrogens (tertiary/aromatic N) is 3. The lowest BCUT2D eigenvalue weighted by molar-refractivity contribution is 0.0822. The summed E-state index contributed by atoms with van der Waals surface area (Å²) in [6, 6.07) is 5.20. The van der Waals surface area contributed by atoms with Crippen molar-refractivity contribution >= 4 is 17.2 Å². The molecule has 6 heteroatoms. The molecule has 1 heterocycles. The Balaban J connectivity index is 2.81. The molecule has 0 bridgehead atoms. The van der Waals surface area contributed by atoms with E-state index in [1.54, 1.807) is 32.3 Å². The standard InChI is InChI=1S/C16H21F2N3O/c1-11(7-5-9-13(19-2)15(17)18)12-8-6-10-14(20-12)16(22)21(3)4/h6-8,10,15H,5,9H2,1-4H3/b11-7+,19-13?. The summed E-state index contributed by atoms with van der Waals surface area (Å²) in [5, 5.41) is 0. The van der Waals surface area contributed by atoms with Gasteiger partial charge in [-0.15, -0.1) is 0 Å². The topological polar surface area (TPSA) is 45.6 Å². The molecule has 0 saturated carbocycles. The lowest BCUT2D eigenvalue weighted by Gasteiger charge is -2.10. The van der Waals surface area contributed by atoms with Gasteiger partial charge in [-0.2, -0.15) is 0 Å². The fourth-order valence-corrected chi connectivity index (χ4v) is 1.86. The van der Waals surface area contributed by atoms with Gasteiger partial charge in [-0.3, -0.25) is 9.79 Å². The Hall–Kier alpha value is -2.11. The molecule has 120 valence electrons. The number of allylic oxidation sites excluding steroid dienone is 2. The molecule has 0 fully saturated rings. The van der Waals surface area contributed by atoms with Crippen molar-refractivity contribution in [1.29, 1.82) is 0 Å². The minimum atomic E-state index is -2.52. The Morgan fingerprint density at radius 2 is 2.00 bits per heavy atom. The quantitative estimate of drug-likeness (QED) is 0.757. The van der Waals surface area contributed by atoms with E-state index < -0.39 is 6.43 Å². The average molecular weight is 309 g/mol. The van der Waals surface area contributed by atoms with Crippen LogP contribution in [0.2, 0.25) is 0 Å². The lowest BCUT2D eigenvalue weighted by Crippen LogP contribution is -2.22. The van der Waals surface area contributed by atoms with Gasteiger partial charge in [0, 0.05) is 21.1 Å². The zero-order valence-electron chi connectivity index (χ0n) is 13.3. The zero-order chi connectivity index (χ0) is 16.7. The van der Waals surface area contributed by atoms with Crippen LogP contribution in [-0.2, 0) is 0 Å². The number of amides is 1. The first kappa shape index (κ1) is 17.9. The lowest BCUT2D eigenvalue weighted by atomic mass is 10.1. The minimum Gasteiger partial charge on any atom is -0.343 e. The van der Waals surface area contributed by atoms with Gasteiger partial charge < -0.3 is 4.90 Å². The van der Waals surface area contributed by atoms with Crippen LogP contribution in [0.3, 0.4) is 0 Å². The molecule has 1 rings (SSSR count). The Morgan fingerprint density at radius 1 is 1.36 bits per heavy atom. The first-order valence-electron chi connectivity index (χ1n) is 6.96. The van der Waals surface area contributed by atoms with Gasteiger partial charge in [-0.25, -0.2) is 13.8 Å². The number of hydrogen-bond donors (Lipinski definition) is 0. The Kier molecular flexibility index (Phi) is 6.82. The van der Waals surface area contributed by atoms with E-state index in [4.69, 9.17) is 0 Å². The van der Waals surface area contributed by atoms with Gasteiger partial charge in [-0.05, 0) is 37.5 Å². The number of pyridine rings is 1. The van der Waals surface area contributed by atoms with Crippen molar-refractivity contribution < 1.29 is 13.6 Å². The fourth-order valence-electron chi connectivity index (χ4n) is 1.86. The largest absolute Gasteiger partial charge is 0.343 e. The second-order valence-electron chi connectivity index (χ2n) is 5.05. The molecule has 0 aliphatic heterocycles. The van der Waals surface area contributed by atoms with Crippen molar-refractivity contribution in [3.8, 4) is 0 Å². The molecule has 1 aromatic heterocycles. The first-order valence-corrected chi connectivity index (χ1v) is 6.96. The van der Waals surface area contributed by atoms with Crippen molar-refractivity contribution in [2.75, 3.05) is 21.1 Å². The molecule has 0 aromatic carbocycles. The van der Waals surface area contributed by atoms with Crippen LogP contribution in [-0.4, -0.2) is 49.1 Å². The fraction of sp³-hybridized carbons (Fsp3) is 0.438. The zero-order valence-corrected chi connectivity index (χ0v) is 13.3. The molecule has 0 aliphatic rings. The molecular formula is C16H21F2N3O. The van der Waals surface area contributed by atoms with Gasteiger partial charge in [-0.1, -0.05) is 12.1 Å². The van der Waals surface area contributed by atoms with E-state index in [0.29, 0.717) is 17.8 Å². The van der Waals surface area contributed by atoms with E-state index in [1.807, 2.05) is 13.0 Å². The molecule has 0 aliphatic carbocycles. The summed E-state index contributed by atoms with van der Waals surface area (Å²) in [4.78, 5) is 21.2. The number of aliphatic imine (C=N–C) groups is 1. The van der Waals surface area contributed by atoms with E-state index >= 15 is 0 Å². The Morgan fingerprint density at radius 3 is 2.55 bits per heavy atom. The highest BCUT2D eigenvalue weighted by Crippen LogP contribution is 2.14. The second kappa shape index (κ2) is 8.36. The normalized spacial score (nSPS) is 12.7. The van der Waals surface area contributed by atoms with E-state index in [2.05, 4.69) is 9.98 Å². The molecular weight excluding hydrogens is 288 g/mol. The molecule has 1 aromatic rings. The van der Waals surface area contributed by atoms with Crippen molar-refractivity contribution in [3.63, 3.8) is 0 Å². The molecule has 0 spiro atoms. The van der Waals surface area contributed by atoms with Gasteiger partial charge in [0.05, 0.1) is 11.4 Å². The third-order valence-corrected chi connectivity index (χ3v) is 3.17. The summed E-state index contributed by atoms with van der Waals surface area (Å²) in [5.74, 6) is -0.173. The highest BCUT2D eigenvalue weighted by Gasteiger charge is 2.12. The summed E-state index contributed by atoms with van der Waals surface area (Å²) < 4.78 is 25.1. The van der Waals surface area contributed by atoms with E-state index in [-0.39, 0.29) is 18.0 Å². The number of halogens is 2. The van der Waals surface area contributed by atoms with E-state index in [0.717, 1.165) is 5.57 Å². The number of hydrogen-bond acceptors (Lipinski definition) is 3. The summed E-state index contributed by atoms with van der Waals surface area (Å²) in [6.45, 7) is 1.84. The predicted molar refractivity (Wildman–Crippen MR) is 84.5 cm³/mol. The van der Waals surface area contributed by atoms with Crippen molar-refractivity contribution in [1.82, 2.24) is 9.88 Å². The van der Waals surface area contributed by atoms with Crippen LogP contribution < -0.4 is 0 Å². The molecule has 0 radical (unpaired) electrons. The number of carbonyl (C=O) groups excluding carboxylic acids is 1. The van der Waals surface area contributed by atoms with Crippen LogP contribution in [0.4, 0.5) is 8.78 Å². The Bertz CT molecular complexity index is 581. The molecule has 22 heavy (non-hydrogen) atoms. The highest BCUT2D eigenvalue weighted by atomic mass is 19.3. The molecule has 0 unspecified atom stereocenters. The van der Waals surface area contributed by atoms with Gasteiger partial charge in [0.2, 0.25) is 0 Å². The van der Waals surface area contributed by atoms with E-state index in [1.165, 1.54) is 11.9 Å².